The van der Waals surface area contributed by atoms with E-state index in [-0.39, 0.29) is 10.6 Å². The SMILES string of the molecule is CCOc1ccc(C)cc1C(Br)c1cccc(F)c1. The average molecular weight is 323 g/mol. The molecule has 0 aromatic heterocycles. The Morgan fingerprint density at radius 2 is 2.00 bits per heavy atom. The normalized spacial score (nSPS) is 12.2. The number of rotatable bonds is 4. The van der Waals surface area contributed by atoms with E-state index in [1.165, 1.54) is 12.1 Å². The van der Waals surface area contributed by atoms with Crippen molar-refractivity contribution in [3.05, 3.63) is 65.0 Å². The van der Waals surface area contributed by atoms with Gasteiger partial charge in [0.2, 0.25) is 0 Å². The van der Waals surface area contributed by atoms with E-state index < -0.39 is 0 Å². The van der Waals surface area contributed by atoms with Crippen molar-refractivity contribution in [2.75, 3.05) is 6.61 Å². The van der Waals surface area contributed by atoms with Crippen molar-refractivity contribution in [3.8, 4) is 5.75 Å². The highest BCUT2D eigenvalue weighted by molar-refractivity contribution is 9.09. The van der Waals surface area contributed by atoms with Crippen molar-refractivity contribution in [3.63, 3.8) is 0 Å². The fourth-order valence-corrected chi connectivity index (χ4v) is 2.64. The van der Waals surface area contributed by atoms with Gasteiger partial charge in [-0.3, -0.25) is 0 Å². The monoisotopic (exact) mass is 322 g/mol. The first-order chi connectivity index (χ1) is 9.11. The van der Waals surface area contributed by atoms with Gasteiger partial charge in [0, 0.05) is 5.56 Å². The summed E-state index contributed by atoms with van der Waals surface area (Å²) in [6.07, 6.45) is 0. The summed E-state index contributed by atoms with van der Waals surface area (Å²) in [5.74, 6) is 0.604. The molecule has 0 aliphatic heterocycles. The van der Waals surface area contributed by atoms with E-state index in [0.717, 1.165) is 22.4 Å². The third-order valence-electron chi connectivity index (χ3n) is 2.88. The Balaban J connectivity index is 2.42. The standard InChI is InChI=1S/C16H16BrFO/c1-3-19-15-8-7-11(2)9-14(15)16(17)12-5-4-6-13(18)10-12/h4-10,16H,3H2,1-2H3. The molecule has 0 fully saturated rings. The van der Waals surface area contributed by atoms with Crippen molar-refractivity contribution in [1.82, 2.24) is 0 Å². The second-order valence-electron chi connectivity index (χ2n) is 4.39. The van der Waals surface area contributed by atoms with Crippen LogP contribution in [0.2, 0.25) is 0 Å². The summed E-state index contributed by atoms with van der Waals surface area (Å²) >= 11 is 3.64. The average Bonchev–Trinajstić information content (AvgIpc) is 2.40. The third-order valence-corrected chi connectivity index (χ3v) is 3.90. The predicted molar refractivity (Wildman–Crippen MR) is 79.5 cm³/mol. The molecule has 19 heavy (non-hydrogen) atoms. The lowest BCUT2D eigenvalue weighted by atomic mass is 10.0. The molecular weight excluding hydrogens is 307 g/mol. The zero-order valence-electron chi connectivity index (χ0n) is 11.0. The molecule has 0 N–H and O–H groups in total. The van der Waals surface area contributed by atoms with E-state index in [4.69, 9.17) is 4.74 Å². The van der Waals surface area contributed by atoms with Crippen LogP contribution in [0.15, 0.2) is 42.5 Å². The van der Waals surface area contributed by atoms with Crippen molar-refractivity contribution in [1.29, 1.82) is 0 Å². The highest BCUT2D eigenvalue weighted by Gasteiger charge is 2.16. The Morgan fingerprint density at radius 3 is 2.68 bits per heavy atom. The number of alkyl halides is 1. The maximum atomic E-state index is 13.3. The van der Waals surface area contributed by atoms with Crippen LogP contribution < -0.4 is 4.74 Å². The number of ether oxygens (including phenoxy) is 1. The zero-order valence-corrected chi connectivity index (χ0v) is 12.6. The van der Waals surface area contributed by atoms with Crippen LogP contribution >= 0.6 is 15.9 Å². The zero-order chi connectivity index (χ0) is 13.8. The summed E-state index contributed by atoms with van der Waals surface area (Å²) in [4.78, 5) is -0.0790. The van der Waals surface area contributed by atoms with Gasteiger partial charge in [0.15, 0.2) is 0 Å². The van der Waals surface area contributed by atoms with E-state index in [9.17, 15) is 4.39 Å². The van der Waals surface area contributed by atoms with Crippen LogP contribution in [0.25, 0.3) is 0 Å². The fourth-order valence-electron chi connectivity index (χ4n) is 2.00. The van der Waals surface area contributed by atoms with Gasteiger partial charge in [-0.2, -0.15) is 0 Å². The van der Waals surface area contributed by atoms with Crippen molar-refractivity contribution in [2.45, 2.75) is 18.7 Å². The van der Waals surface area contributed by atoms with Gasteiger partial charge in [-0.25, -0.2) is 4.39 Å². The lowest BCUT2D eigenvalue weighted by molar-refractivity contribution is 0.337. The number of benzene rings is 2. The number of hydrogen-bond donors (Lipinski definition) is 0. The van der Waals surface area contributed by atoms with Crippen LogP contribution in [-0.4, -0.2) is 6.61 Å². The molecule has 0 amide bonds. The highest BCUT2D eigenvalue weighted by atomic mass is 79.9. The maximum Gasteiger partial charge on any atom is 0.123 e. The predicted octanol–water partition coefficient (Wildman–Crippen LogP) is 5.02. The maximum absolute atomic E-state index is 13.3. The van der Waals surface area contributed by atoms with Crippen LogP contribution in [0.4, 0.5) is 4.39 Å². The summed E-state index contributed by atoms with van der Waals surface area (Å²) < 4.78 is 19.0. The number of halogens is 2. The second kappa shape index (κ2) is 6.20. The topological polar surface area (TPSA) is 9.23 Å². The van der Waals surface area contributed by atoms with Gasteiger partial charge in [0.25, 0.3) is 0 Å². The van der Waals surface area contributed by atoms with Gasteiger partial charge in [-0.1, -0.05) is 45.8 Å². The lowest BCUT2D eigenvalue weighted by Gasteiger charge is -2.16. The smallest absolute Gasteiger partial charge is 0.123 e. The molecule has 3 heteroatoms. The van der Waals surface area contributed by atoms with Gasteiger partial charge in [-0.15, -0.1) is 0 Å². The molecule has 2 aromatic rings. The summed E-state index contributed by atoms with van der Waals surface area (Å²) in [6, 6.07) is 12.6. The van der Waals surface area contributed by atoms with Crippen LogP contribution in [0.3, 0.4) is 0 Å². The van der Waals surface area contributed by atoms with Crippen LogP contribution in [0.1, 0.15) is 28.4 Å². The minimum Gasteiger partial charge on any atom is -0.494 e. The molecule has 0 spiro atoms. The Morgan fingerprint density at radius 1 is 1.21 bits per heavy atom. The molecule has 0 bridgehead atoms. The molecule has 1 nitrogen and oxygen atoms in total. The van der Waals surface area contributed by atoms with E-state index >= 15 is 0 Å². The highest BCUT2D eigenvalue weighted by Crippen LogP contribution is 2.37. The fraction of sp³-hybridized carbons (Fsp3) is 0.250. The molecule has 0 radical (unpaired) electrons. The van der Waals surface area contributed by atoms with Crippen LogP contribution in [0.5, 0.6) is 5.75 Å². The van der Waals surface area contributed by atoms with Crippen LogP contribution in [0, 0.1) is 12.7 Å². The Bertz CT molecular complexity index is 568. The van der Waals surface area contributed by atoms with Crippen molar-refractivity contribution >= 4 is 15.9 Å². The van der Waals surface area contributed by atoms with Crippen molar-refractivity contribution in [2.24, 2.45) is 0 Å². The molecule has 0 heterocycles. The van der Waals surface area contributed by atoms with Gasteiger partial charge in [-0.05, 0) is 37.6 Å². The summed E-state index contributed by atoms with van der Waals surface area (Å²) in [5, 5.41) is 0. The first-order valence-corrected chi connectivity index (χ1v) is 7.16. The Hall–Kier alpha value is -1.35. The largest absolute Gasteiger partial charge is 0.494 e. The molecule has 0 aliphatic carbocycles. The van der Waals surface area contributed by atoms with E-state index in [1.54, 1.807) is 6.07 Å². The molecular formula is C16H16BrFO. The molecule has 0 saturated carbocycles. The van der Waals surface area contributed by atoms with E-state index in [2.05, 4.69) is 22.0 Å². The van der Waals surface area contributed by atoms with E-state index in [0.29, 0.717) is 6.61 Å². The first-order valence-electron chi connectivity index (χ1n) is 6.24. The Labute approximate surface area is 121 Å². The van der Waals surface area contributed by atoms with Crippen LogP contribution in [-0.2, 0) is 0 Å². The molecule has 0 aliphatic rings. The van der Waals surface area contributed by atoms with Crippen molar-refractivity contribution < 1.29 is 9.13 Å². The summed E-state index contributed by atoms with van der Waals surface area (Å²) in [5.41, 5.74) is 3.05. The molecule has 2 aromatic carbocycles. The van der Waals surface area contributed by atoms with Gasteiger partial charge in [0.1, 0.15) is 11.6 Å². The molecule has 0 saturated heterocycles. The molecule has 100 valence electrons. The third kappa shape index (κ3) is 3.35. The summed E-state index contributed by atoms with van der Waals surface area (Å²) in [6.45, 7) is 4.60. The van der Waals surface area contributed by atoms with Gasteiger partial charge < -0.3 is 4.74 Å². The first kappa shape index (κ1) is 14.1. The molecule has 1 unspecified atom stereocenters. The molecule has 2 rings (SSSR count). The number of hydrogen-bond acceptors (Lipinski definition) is 1. The van der Waals surface area contributed by atoms with Gasteiger partial charge >= 0.3 is 0 Å². The molecule has 1 atom stereocenters. The minimum absolute atomic E-state index is 0.0790. The van der Waals surface area contributed by atoms with E-state index in [1.807, 2.05) is 32.0 Å². The lowest BCUT2D eigenvalue weighted by Crippen LogP contribution is -2.00. The van der Waals surface area contributed by atoms with Gasteiger partial charge in [0.05, 0.1) is 11.4 Å². The minimum atomic E-state index is -0.229. The summed E-state index contributed by atoms with van der Waals surface area (Å²) in [7, 11) is 0. The Kier molecular flexibility index (Phi) is 4.59. The second-order valence-corrected chi connectivity index (χ2v) is 5.31. The quantitative estimate of drug-likeness (QED) is 0.718. The number of aryl methyl sites for hydroxylation is 1.